The van der Waals surface area contributed by atoms with Crippen LogP contribution in [0, 0.1) is 6.92 Å². The van der Waals surface area contributed by atoms with Crippen molar-refractivity contribution >= 4 is 23.6 Å². The molecule has 3 N–H and O–H groups in total. The van der Waals surface area contributed by atoms with Crippen LogP contribution in [0.3, 0.4) is 0 Å². The van der Waals surface area contributed by atoms with Gasteiger partial charge in [0.05, 0.1) is 12.3 Å². The first-order valence-corrected chi connectivity index (χ1v) is 6.90. The molecule has 0 saturated carbocycles. The van der Waals surface area contributed by atoms with Crippen molar-refractivity contribution in [2.75, 3.05) is 12.8 Å². The van der Waals surface area contributed by atoms with E-state index >= 15 is 0 Å². The largest absolute Gasteiger partial charge is 0.352 e. The molecule has 10 nitrogen and oxygen atoms in total. The van der Waals surface area contributed by atoms with Gasteiger partial charge in [-0.3, -0.25) is 14.7 Å². The Hall–Kier alpha value is -2.43. The highest BCUT2D eigenvalue weighted by Gasteiger charge is 2.13. The van der Waals surface area contributed by atoms with E-state index < -0.39 is 5.91 Å². The summed E-state index contributed by atoms with van der Waals surface area (Å²) in [5.41, 5.74) is 0. The molecule has 0 aliphatic heterocycles. The first kappa shape index (κ1) is 15.0. The number of amides is 2. The third kappa shape index (κ3) is 4.27. The standard InChI is InChI=1S/C10H13N7O3S/c1-5-13-10(16-15-5)21-4-6(18)12-3-7-14-8(17-20-7)9(19)11-2/h3-4H2,1-2H3,(H,11,19)(H,12,18)(H,13,15,16). The van der Waals surface area contributed by atoms with Crippen LogP contribution in [0.5, 0.6) is 0 Å². The summed E-state index contributed by atoms with van der Waals surface area (Å²) in [7, 11) is 1.46. The number of H-pyrrole nitrogens is 1. The minimum atomic E-state index is -0.452. The molecule has 0 fully saturated rings. The number of aromatic amines is 1. The van der Waals surface area contributed by atoms with Crippen molar-refractivity contribution in [3.8, 4) is 0 Å². The molecule has 0 radical (unpaired) electrons. The van der Waals surface area contributed by atoms with Gasteiger partial charge in [-0.2, -0.15) is 4.98 Å². The van der Waals surface area contributed by atoms with E-state index in [9.17, 15) is 9.59 Å². The van der Waals surface area contributed by atoms with Crippen LogP contribution in [-0.4, -0.2) is 49.9 Å². The van der Waals surface area contributed by atoms with Crippen molar-refractivity contribution in [1.82, 2.24) is 36.0 Å². The minimum Gasteiger partial charge on any atom is -0.352 e. The van der Waals surface area contributed by atoms with Gasteiger partial charge in [0.25, 0.3) is 11.7 Å². The number of hydrogen-bond acceptors (Lipinski definition) is 8. The van der Waals surface area contributed by atoms with E-state index in [1.54, 1.807) is 6.92 Å². The number of hydrogen-bond donors (Lipinski definition) is 3. The molecule has 21 heavy (non-hydrogen) atoms. The average Bonchev–Trinajstić information content (AvgIpc) is 3.11. The SMILES string of the molecule is CNC(=O)c1noc(CNC(=O)CSc2n[nH]c(C)n2)n1. The summed E-state index contributed by atoms with van der Waals surface area (Å²) in [6, 6.07) is 0. The van der Waals surface area contributed by atoms with Crippen LogP contribution in [0.4, 0.5) is 0 Å². The minimum absolute atomic E-state index is 0.0520. The van der Waals surface area contributed by atoms with Gasteiger partial charge in [0, 0.05) is 7.05 Å². The lowest BCUT2D eigenvalue weighted by Crippen LogP contribution is -2.25. The lowest BCUT2D eigenvalue weighted by atomic mass is 10.5. The molecule has 0 aliphatic rings. The van der Waals surface area contributed by atoms with Crippen LogP contribution < -0.4 is 10.6 Å². The fourth-order valence-corrected chi connectivity index (χ4v) is 1.95. The molecule has 0 aliphatic carbocycles. The maximum atomic E-state index is 11.6. The Morgan fingerprint density at radius 1 is 1.38 bits per heavy atom. The molecule has 112 valence electrons. The Morgan fingerprint density at radius 3 is 2.86 bits per heavy atom. The Bertz CT molecular complexity index is 638. The Balaban J connectivity index is 1.76. The quantitative estimate of drug-likeness (QED) is 0.593. The molecule has 2 rings (SSSR count). The molecule has 2 aromatic heterocycles. The van der Waals surface area contributed by atoms with Crippen LogP contribution in [-0.2, 0) is 11.3 Å². The molecule has 2 heterocycles. The maximum Gasteiger partial charge on any atom is 0.292 e. The number of nitrogens with zero attached hydrogens (tertiary/aromatic N) is 4. The lowest BCUT2D eigenvalue weighted by molar-refractivity contribution is -0.118. The molecule has 0 bridgehead atoms. The van der Waals surface area contributed by atoms with E-state index in [4.69, 9.17) is 4.52 Å². The van der Waals surface area contributed by atoms with Crippen LogP contribution >= 0.6 is 11.8 Å². The van der Waals surface area contributed by atoms with Gasteiger partial charge in [-0.05, 0) is 6.92 Å². The predicted molar refractivity (Wildman–Crippen MR) is 71.4 cm³/mol. The lowest BCUT2D eigenvalue weighted by Gasteiger charge is -1.99. The van der Waals surface area contributed by atoms with Crippen molar-refractivity contribution in [3.05, 3.63) is 17.5 Å². The fourth-order valence-electron chi connectivity index (χ4n) is 1.27. The van der Waals surface area contributed by atoms with Crippen LogP contribution in [0.1, 0.15) is 22.3 Å². The number of carbonyl (C=O) groups is 2. The van der Waals surface area contributed by atoms with Crippen molar-refractivity contribution in [1.29, 1.82) is 0 Å². The second-order valence-electron chi connectivity index (χ2n) is 3.86. The number of rotatable bonds is 6. The first-order valence-electron chi connectivity index (χ1n) is 5.91. The summed E-state index contributed by atoms with van der Waals surface area (Å²) in [5.74, 6) is 0.237. The van der Waals surface area contributed by atoms with Gasteiger partial charge in [-0.25, -0.2) is 4.98 Å². The molecule has 2 amide bonds. The van der Waals surface area contributed by atoms with Gasteiger partial charge in [0.15, 0.2) is 0 Å². The van der Waals surface area contributed by atoms with Gasteiger partial charge >= 0.3 is 0 Å². The molecular weight excluding hydrogens is 298 g/mol. The number of aromatic nitrogens is 5. The zero-order valence-electron chi connectivity index (χ0n) is 11.3. The molecular formula is C10H13N7O3S. The van der Waals surface area contributed by atoms with Crippen LogP contribution in [0.15, 0.2) is 9.68 Å². The summed E-state index contributed by atoms with van der Waals surface area (Å²) < 4.78 is 4.83. The third-order valence-electron chi connectivity index (χ3n) is 2.24. The summed E-state index contributed by atoms with van der Waals surface area (Å²) in [6.07, 6.45) is 0. The van der Waals surface area contributed by atoms with Gasteiger partial charge in [0.1, 0.15) is 5.82 Å². The van der Waals surface area contributed by atoms with E-state index in [-0.39, 0.29) is 29.9 Å². The smallest absolute Gasteiger partial charge is 0.292 e. The second-order valence-corrected chi connectivity index (χ2v) is 4.80. The second kappa shape index (κ2) is 6.83. The number of aryl methyl sites for hydroxylation is 1. The summed E-state index contributed by atoms with van der Waals surface area (Å²) in [4.78, 5) is 30.7. The van der Waals surface area contributed by atoms with Crippen LogP contribution in [0.25, 0.3) is 0 Å². The summed E-state index contributed by atoms with van der Waals surface area (Å²) >= 11 is 1.20. The third-order valence-corrected chi connectivity index (χ3v) is 3.09. The highest BCUT2D eigenvalue weighted by molar-refractivity contribution is 7.99. The van der Waals surface area contributed by atoms with E-state index in [1.807, 2.05) is 0 Å². The molecule has 0 saturated heterocycles. The Morgan fingerprint density at radius 2 is 2.19 bits per heavy atom. The highest BCUT2D eigenvalue weighted by Crippen LogP contribution is 2.11. The van der Waals surface area contributed by atoms with E-state index in [1.165, 1.54) is 18.8 Å². The number of nitrogens with one attached hydrogen (secondary N) is 3. The Labute approximate surface area is 123 Å². The maximum absolute atomic E-state index is 11.6. The van der Waals surface area contributed by atoms with Crippen molar-refractivity contribution in [3.63, 3.8) is 0 Å². The van der Waals surface area contributed by atoms with Crippen molar-refractivity contribution < 1.29 is 14.1 Å². The Kier molecular flexibility index (Phi) is 4.87. The topological polar surface area (TPSA) is 139 Å². The molecule has 0 aromatic carbocycles. The van der Waals surface area contributed by atoms with Crippen molar-refractivity contribution in [2.24, 2.45) is 0 Å². The van der Waals surface area contributed by atoms with Gasteiger partial charge < -0.3 is 15.2 Å². The fraction of sp³-hybridized carbons (Fsp3) is 0.400. The molecule has 2 aromatic rings. The van der Waals surface area contributed by atoms with Crippen molar-refractivity contribution in [2.45, 2.75) is 18.6 Å². The highest BCUT2D eigenvalue weighted by atomic mass is 32.2. The normalized spacial score (nSPS) is 10.4. The average molecular weight is 311 g/mol. The number of carbonyl (C=O) groups excluding carboxylic acids is 2. The van der Waals surface area contributed by atoms with E-state index in [0.717, 1.165) is 0 Å². The molecule has 0 unspecified atom stereocenters. The van der Waals surface area contributed by atoms with Gasteiger partial charge in [-0.1, -0.05) is 16.9 Å². The summed E-state index contributed by atoms with van der Waals surface area (Å²) in [6.45, 7) is 1.83. The summed E-state index contributed by atoms with van der Waals surface area (Å²) in [5, 5.41) is 15.5. The molecule has 11 heteroatoms. The molecule has 0 atom stereocenters. The monoisotopic (exact) mass is 311 g/mol. The number of thioether (sulfide) groups is 1. The van der Waals surface area contributed by atoms with Gasteiger partial charge in [-0.15, -0.1) is 5.10 Å². The molecule has 0 spiro atoms. The van der Waals surface area contributed by atoms with Crippen LogP contribution in [0.2, 0.25) is 0 Å². The zero-order chi connectivity index (χ0) is 15.2. The zero-order valence-corrected chi connectivity index (χ0v) is 12.2. The van der Waals surface area contributed by atoms with E-state index in [0.29, 0.717) is 11.0 Å². The first-order chi connectivity index (χ1) is 10.1. The van der Waals surface area contributed by atoms with E-state index in [2.05, 4.69) is 36.0 Å². The predicted octanol–water partition coefficient (Wildman–Crippen LogP) is -0.736. The van der Waals surface area contributed by atoms with Gasteiger partial charge in [0.2, 0.25) is 17.0 Å².